The number of rotatable bonds is 10. The Labute approximate surface area is 226 Å². The minimum absolute atomic E-state index is 0.00844. The van der Waals surface area contributed by atoms with Gasteiger partial charge in [0.15, 0.2) is 22.9 Å². The van der Waals surface area contributed by atoms with Crippen molar-refractivity contribution in [3.8, 4) is 17.2 Å². The number of Topliss-reactive ketones (excluding diaryl/α,β-unsaturated/α-hetero) is 1. The molecule has 0 saturated carbocycles. The van der Waals surface area contributed by atoms with Gasteiger partial charge in [0.2, 0.25) is 5.78 Å². The third-order valence-electron chi connectivity index (χ3n) is 7.21. The van der Waals surface area contributed by atoms with Crippen LogP contribution in [0.1, 0.15) is 28.6 Å². The molecule has 10 nitrogen and oxygen atoms in total. The number of carbonyl (C=O) groups excluding carboxylic acids is 2. The highest BCUT2D eigenvalue weighted by molar-refractivity contribution is 6.16. The third-order valence-corrected chi connectivity index (χ3v) is 7.21. The lowest BCUT2D eigenvalue weighted by molar-refractivity contribution is -0.129. The molecule has 0 unspecified atom stereocenters. The monoisotopic (exact) mass is 536 g/mol. The number of hydrogen-bond acceptors (Lipinski definition) is 9. The van der Waals surface area contributed by atoms with Crippen LogP contribution >= 0.6 is 0 Å². The van der Waals surface area contributed by atoms with Crippen LogP contribution < -0.4 is 14.2 Å². The topological polar surface area (TPSA) is 111 Å². The van der Waals surface area contributed by atoms with Crippen molar-refractivity contribution in [1.29, 1.82) is 0 Å². The molecule has 1 aromatic heterocycles. The fourth-order valence-electron chi connectivity index (χ4n) is 5.22. The molecular weight excluding hydrogens is 504 g/mol. The van der Waals surface area contributed by atoms with Crippen LogP contribution in [0.2, 0.25) is 0 Å². The SMILES string of the molecule is COc1ccc(OC)c([C@@H]2C(C(=O)c3cc4cccc(OC)c4o3)=C(O)C(=O)N2CCCN2CCOCC2)c1. The van der Waals surface area contributed by atoms with Gasteiger partial charge in [0, 0.05) is 37.1 Å². The number of ether oxygens (including phenoxy) is 4. The molecule has 1 amide bonds. The highest BCUT2D eigenvalue weighted by Gasteiger charge is 2.45. The van der Waals surface area contributed by atoms with Crippen molar-refractivity contribution in [2.24, 2.45) is 0 Å². The molecule has 1 N–H and O–H groups in total. The van der Waals surface area contributed by atoms with E-state index in [0.29, 0.717) is 60.0 Å². The first-order chi connectivity index (χ1) is 19.0. The normalized spacial score (nSPS) is 18.2. The second-order valence-electron chi connectivity index (χ2n) is 9.40. The lowest BCUT2D eigenvalue weighted by Gasteiger charge is -2.30. The molecule has 39 heavy (non-hydrogen) atoms. The summed E-state index contributed by atoms with van der Waals surface area (Å²) in [6.07, 6.45) is 0.644. The van der Waals surface area contributed by atoms with Crippen LogP contribution in [0.4, 0.5) is 0 Å². The van der Waals surface area contributed by atoms with Gasteiger partial charge in [0.1, 0.15) is 11.5 Å². The van der Waals surface area contributed by atoms with E-state index in [1.54, 1.807) is 42.5 Å². The smallest absolute Gasteiger partial charge is 0.290 e. The molecule has 0 radical (unpaired) electrons. The van der Waals surface area contributed by atoms with E-state index < -0.39 is 23.5 Å². The van der Waals surface area contributed by atoms with E-state index in [2.05, 4.69) is 4.90 Å². The second kappa shape index (κ2) is 11.4. The van der Waals surface area contributed by atoms with Gasteiger partial charge in [0.05, 0.1) is 46.2 Å². The molecule has 3 heterocycles. The number of ketones is 1. The Hall–Kier alpha value is -4.02. The maximum Gasteiger partial charge on any atom is 0.290 e. The molecule has 5 rings (SSSR count). The molecule has 1 saturated heterocycles. The Morgan fingerprint density at radius 2 is 1.77 bits per heavy atom. The van der Waals surface area contributed by atoms with Gasteiger partial charge < -0.3 is 33.4 Å². The van der Waals surface area contributed by atoms with E-state index in [-0.39, 0.29) is 11.3 Å². The molecule has 2 aromatic carbocycles. The highest BCUT2D eigenvalue weighted by Crippen LogP contribution is 2.44. The number of aliphatic hydroxyl groups excluding tert-OH is 1. The maximum atomic E-state index is 14.0. The minimum Gasteiger partial charge on any atom is -0.503 e. The summed E-state index contributed by atoms with van der Waals surface area (Å²) in [6.45, 7) is 4.07. The van der Waals surface area contributed by atoms with Crippen LogP contribution in [-0.2, 0) is 9.53 Å². The molecule has 0 bridgehead atoms. The van der Waals surface area contributed by atoms with Crippen LogP contribution in [-0.4, -0.2) is 87.3 Å². The van der Waals surface area contributed by atoms with Gasteiger partial charge >= 0.3 is 0 Å². The van der Waals surface area contributed by atoms with Crippen molar-refractivity contribution in [1.82, 2.24) is 9.80 Å². The fourth-order valence-corrected chi connectivity index (χ4v) is 5.22. The largest absolute Gasteiger partial charge is 0.503 e. The quantitative estimate of drug-likeness (QED) is 0.387. The highest BCUT2D eigenvalue weighted by atomic mass is 16.5. The minimum atomic E-state index is -0.908. The molecule has 1 atom stereocenters. The molecule has 0 aliphatic carbocycles. The molecule has 2 aliphatic heterocycles. The van der Waals surface area contributed by atoms with Gasteiger partial charge in [-0.2, -0.15) is 0 Å². The lowest BCUT2D eigenvalue weighted by atomic mass is 9.94. The number of aliphatic hydroxyl groups is 1. The number of methoxy groups -OCH3 is 3. The first-order valence-electron chi connectivity index (χ1n) is 12.8. The van der Waals surface area contributed by atoms with Gasteiger partial charge in [0.25, 0.3) is 5.91 Å². The standard InChI is InChI=1S/C29H32N2O8/c1-35-19-8-9-21(36-2)20(17-19)25-24(26(32)23-16-18-6-4-7-22(37-3)28(18)39-23)27(33)29(34)31(25)11-5-10-30-12-14-38-15-13-30/h4,6-9,16-17,25,33H,5,10-15H2,1-3H3/t25-/m1/s1. The number of nitrogens with zero attached hydrogens (tertiary/aromatic N) is 2. The van der Waals surface area contributed by atoms with Gasteiger partial charge in [-0.1, -0.05) is 12.1 Å². The van der Waals surface area contributed by atoms with E-state index in [9.17, 15) is 14.7 Å². The van der Waals surface area contributed by atoms with Crippen molar-refractivity contribution in [3.63, 3.8) is 0 Å². The summed E-state index contributed by atoms with van der Waals surface area (Å²) in [5.41, 5.74) is 0.860. The van der Waals surface area contributed by atoms with Crippen LogP contribution in [0.3, 0.4) is 0 Å². The number of furan rings is 1. The Morgan fingerprint density at radius 3 is 2.49 bits per heavy atom. The van der Waals surface area contributed by atoms with Crippen LogP contribution in [0, 0.1) is 0 Å². The van der Waals surface area contributed by atoms with Gasteiger partial charge in [-0.05, 0) is 36.8 Å². The Balaban J connectivity index is 1.53. The molecule has 10 heteroatoms. The zero-order chi connectivity index (χ0) is 27.5. The zero-order valence-corrected chi connectivity index (χ0v) is 22.3. The summed E-state index contributed by atoms with van der Waals surface area (Å²) in [5, 5.41) is 11.8. The number of carbonyl (C=O) groups is 2. The van der Waals surface area contributed by atoms with Crippen LogP contribution in [0.25, 0.3) is 11.0 Å². The summed E-state index contributed by atoms with van der Waals surface area (Å²) in [6, 6.07) is 11.2. The van der Waals surface area contributed by atoms with Crippen molar-refractivity contribution >= 4 is 22.7 Å². The molecule has 0 spiro atoms. The molecular formula is C29H32N2O8. The van der Waals surface area contributed by atoms with E-state index >= 15 is 0 Å². The second-order valence-corrected chi connectivity index (χ2v) is 9.40. The number of para-hydroxylation sites is 1. The van der Waals surface area contributed by atoms with E-state index in [0.717, 1.165) is 19.6 Å². The predicted molar refractivity (Wildman–Crippen MR) is 143 cm³/mol. The lowest BCUT2D eigenvalue weighted by Crippen LogP contribution is -2.39. The maximum absolute atomic E-state index is 14.0. The summed E-state index contributed by atoms with van der Waals surface area (Å²) in [7, 11) is 4.57. The Kier molecular flexibility index (Phi) is 7.76. The first-order valence-corrected chi connectivity index (χ1v) is 12.8. The average molecular weight is 537 g/mol. The van der Waals surface area contributed by atoms with E-state index in [1.165, 1.54) is 26.2 Å². The Bertz CT molecular complexity index is 1410. The Morgan fingerprint density at radius 1 is 1.00 bits per heavy atom. The molecule has 3 aromatic rings. The third kappa shape index (κ3) is 5.05. The zero-order valence-electron chi connectivity index (χ0n) is 22.3. The molecule has 2 aliphatic rings. The van der Waals surface area contributed by atoms with Gasteiger partial charge in [-0.25, -0.2) is 0 Å². The molecule has 1 fully saturated rings. The summed E-state index contributed by atoms with van der Waals surface area (Å²) < 4.78 is 27.8. The van der Waals surface area contributed by atoms with Crippen molar-refractivity contribution in [2.75, 3.05) is 60.7 Å². The number of benzene rings is 2. The van der Waals surface area contributed by atoms with Gasteiger partial charge in [-0.3, -0.25) is 14.5 Å². The number of hydrogen-bond donors (Lipinski definition) is 1. The van der Waals surface area contributed by atoms with Gasteiger partial charge in [-0.15, -0.1) is 0 Å². The molecule has 206 valence electrons. The van der Waals surface area contributed by atoms with Crippen LogP contribution in [0.15, 0.2) is 58.2 Å². The van der Waals surface area contributed by atoms with Crippen molar-refractivity contribution in [3.05, 3.63) is 65.1 Å². The van der Waals surface area contributed by atoms with E-state index in [1.807, 2.05) is 0 Å². The fraction of sp³-hybridized carbons (Fsp3) is 0.379. The number of fused-ring (bicyclic) bond motifs is 1. The predicted octanol–water partition coefficient (Wildman–Crippen LogP) is 3.76. The summed E-state index contributed by atoms with van der Waals surface area (Å²) in [4.78, 5) is 31.2. The number of amides is 1. The van der Waals surface area contributed by atoms with Crippen molar-refractivity contribution < 1.29 is 38.1 Å². The van der Waals surface area contributed by atoms with Crippen LogP contribution in [0.5, 0.6) is 17.2 Å². The van der Waals surface area contributed by atoms with Crippen molar-refractivity contribution in [2.45, 2.75) is 12.5 Å². The number of morpholine rings is 1. The first kappa shape index (κ1) is 26.6. The average Bonchev–Trinajstić information content (AvgIpc) is 3.52. The van der Waals surface area contributed by atoms with E-state index in [4.69, 9.17) is 23.4 Å². The summed E-state index contributed by atoms with van der Waals surface area (Å²) >= 11 is 0. The summed E-state index contributed by atoms with van der Waals surface area (Å²) in [5.74, 6) is -0.368.